The Morgan fingerprint density at radius 3 is 2.69 bits per heavy atom. The van der Waals surface area contributed by atoms with E-state index < -0.39 is 0 Å². The summed E-state index contributed by atoms with van der Waals surface area (Å²) in [6, 6.07) is 6.93. The summed E-state index contributed by atoms with van der Waals surface area (Å²) in [5.74, 6) is 0. The predicted molar refractivity (Wildman–Crippen MR) is 112 cm³/mol. The van der Waals surface area contributed by atoms with Crippen LogP contribution in [0, 0.1) is 6.92 Å². The first-order valence-corrected chi connectivity index (χ1v) is 10.4. The van der Waals surface area contributed by atoms with E-state index in [0.29, 0.717) is 5.13 Å². The molecule has 3 heterocycles. The molecule has 0 aromatic carbocycles. The Morgan fingerprint density at radius 2 is 2.00 bits per heavy atom. The van der Waals surface area contributed by atoms with E-state index in [0.717, 1.165) is 41.8 Å². The van der Waals surface area contributed by atoms with Gasteiger partial charge >= 0.3 is 6.03 Å². The van der Waals surface area contributed by atoms with Gasteiger partial charge in [0.15, 0.2) is 5.13 Å². The molecule has 0 saturated heterocycles. The van der Waals surface area contributed by atoms with Gasteiger partial charge in [0.1, 0.15) is 0 Å². The Hall–Kier alpha value is -3.07. The minimum absolute atomic E-state index is 0.0295. The number of anilines is 1. The zero-order valence-corrected chi connectivity index (χ0v) is 16.9. The highest BCUT2D eigenvalue weighted by atomic mass is 32.1. The number of aromatic nitrogens is 4. The van der Waals surface area contributed by atoms with E-state index in [-0.39, 0.29) is 23.7 Å². The quantitative estimate of drug-likeness (QED) is 0.687. The van der Waals surface area contributed by atoms with Crippen molar-refractivity contribution in [3.8, 4) is 11.3 Å². The Balaban J connectivity index is 1.37. The molecule has 4 rings (SSSR count). The normalized spacial score (nSPS) is 18.9. The van der Waals surface area contributed by atoms with Gasteiger partial charge in [0, 0.05) is 41.1 Å². The minimum atomic E-state index is -0.239. The second kappa shape index (κ2) is 8.52. The molecule has 3 aromatic rings. The summed E-state index contributed by atoms with van der Waals surface area (Å²) in [7, 11) is 0. The van der Waals surface area contributed by atoms with Crippen molar-refractivity contribution in [3.63, 3.8) is 0 Å². The maximum atomic E-state index is 12.4. The lowest BCUT2D eigenvalue weighted by Crippen LogP contribution is -2.41. The summed E-state index contributed by atoms with van der Waals surface area (Å²) >= 11 is 1.44. The van der Waals surface area contributed by atoms with Crippen LogP contribution in [-0.4, -0.2) is 31.8 Å². The van der Waals surface area contributed by atoms with Gasteiger partial charge in [0.05, 0.1) is 11.7 Å². The fourth-order valence-corrected chi connectivity index (χ4v) is 4.21. The first kappa shape index (κ1) is 19.3. The van der Waals surface area contributed by atoms with Crippen molar-refractivity contribution in [2.75, 3.05) is 5.32 Å². The van der Waals surface area contributed by atoms with E-state index in [1.54, 1.807) is 35.4 Å². The molecular weight excluding hydrogens is 388 g/mol. The molecule has 1 fully saturated rings. The Morgan fingerprint density at radius 1 is 1.17 bits per heavy atom. The van der Waals surface area contributed by atoms with Gasteiger partial charge in [-0.2, -0.15) is 5.10 Å². The van der Waals surface area contributed by atoms with E-state index in [1.807, 2.05) is 19.1 Å². The van der Waals surface area contributed by atoms with E-state index in [2.05, 4.69) is 25.7 Å². The smallest absolute Gasteiger partial charge is 0.321 e. The predicted octanol–water partition coefficient (Wildman–Crippen LogP) is 3.38. The van der Waals surface area contributed by atoms with Crippen LogP contribution >= 0.6 is 11.3 Å². The zero-order valence-electron chi connectivity index (χ0n) is 16.0. The number of hydrogen-bond acceptors (Lipinski definition) is 6. The summed E-state index contributed by atoms with van der Waals surface area (Å²) < 4.78 is 1.58. The summed E-state index contributed by atoms with van der Waals surface area (Å²) in [6.07, 6.45) is 8.33. The summed E-state index contributed by atoms with van der Waals surface area (Å²) in [5, 5.41) is 10.9. The largest absolute Gasteiger partial charge is 0.335 e. The minimum Gasteiger partial charge on any atom is -0.335 e. The van der Waals surface area contributed by atoms with Crippen LogP contribution in [0.25, 0.3) is 11.3 Å². The number of aryl methyl sites for hydroxylation is 1. The van der Waals surface area contributed by atoms with E-state index >= 15 is 0 Å². The highest BCUT2D eigenvalue weighted by molar-refractivity contribution is 7.15. The van der Waals surface area contributed by atoms with Crippen LogP contribution in [0.15, 0.2) is 47.7 Å². The fourth-order valence-electron chi connectivity index (χ4n) is 3.55. The van der Waals surface area contributed by atoms with Gasteiger partial charge in [-0.15, -0.1) is 11.3 Å². The molecule has 1 aliphatic carbocycles. The number of urea groups is 1. The van der Waals surface area contributed by atoms with Crippen LogP contribution in [0.5, 0.6) is 0 Å². The number of rotatable bonds is 4. The molecular formula is C20H22N6O2S. The van der Waals surface area contributed by atoms with Crippen LogP contribution in [0.3, 0.4) is 0 Å². The lowest BCUT2D eigenvalue weighted by atomic mass is 9.91. The molecule has 29 heavy (non-hydrogen) atoms. The molecule has 3 aromatic heterocycles. The maximum absolute atomic E-state index is 12.4. The van der Waals surface area contributed by atoms with Gasteiger partial charge < -0.3 is 5.32 Å². The van der Waals surface area contributed by atoms with Gasteiger partial charge in [0.25, 0.3) is 5.56 Å². The second-order valence-corrected chi connectivity index (χ2v) is 8.36. The number of hydrogen-bond donors (Lipinski definition) is 2. The maximum Gasteiger partial charge on any atom is 0.321 e. The molecule has 9 heteroatoms. The van der Waals surface area contributed by atoms with E-state index in [9.17, 15) is 9.59 Å². The van der Waals surface area contributed by atoms with Crippen LogP contribution in [0.2, 0.25) is 0 Å². The molecule has 1 aliphatic rings. The van der Waals surface area contributed by atoms with Gasteiger partial charge in [-0.05, 0) is 50.8 Å². The van der Waals surface area contributed by atoms with Crippen LogP contribution in [0.4, 0.5) is 9.93 Å². The number of thiazole rings is 1. The summed E-state index contributed by atoms with van der Waals surface area (Å²) in [5.41, 5.74) is 1.51. The molecule has 0 spiro atoms. The van der Waals surface area contributed by atoms with E-state index in [4.69, 9.17) is 0 Å². The molecule has 2 amide bonds. The Kier molecular flexibility index (Phi) is 5.66. The first-order chi connectivity index (χ1) is 14.1. The highest BCUT2D eigenvalue weighted by Crippen LogP contribution is 2.28. The Labute approximate surface area is 172 Å². The van der Waals surface area contributed by atoms with Crippen LogP contribution in [0.1, 0.15) is 36.6 Å². The topological polar surface area (TPSA) is 102 Å². The third-order valence-electron chi connectivity index (χ3n) is 5.00. The lowest BCUT2D eigenvalue weighted by molar-refractivity contribution is 0.234. The fraction of sp³-hybridized carbons (Fsp3) is 0.350. The van der Waals surface area contributed by atoms with Crippen LogP contribution in [-0.2, 0) is 0 Å². The average Bonchev–Trinajstić information content (AvgIpc) is 3.14. The average molecular weight is 411 g/mol. The molecule has 1 saturated carbocycles. The molecule has 0 aliphatic heterocycles. The van der Waals surface area contributed by atoms with Gasteiger partial charge in [-0.1, -0.05) is 0 Å². The third-order valence-corrected chi connectivity index (χ3v) is 5.83. The van der Waals surface area contributed by atoms with Crippen molar-refractivity contribution in [2.45, 2.75) is 44.7 Å². The highest BCUT2D eigenvalue weighted by Gasteiger charge is 2.25. The van der Waals surface area contributed by atoms with Crippen molar-refractivity contribution >= 4 is 22.5 Å². The molecule has 2 N–H and O–H groups in total. The van der Waals surface area contributed by atoms with Gasteiger partial charge in [-0.3, -0.25) is 15.1 Å². The summed E-state index contributed by atoms with van der Waals surface area (Å²) in [4.78, 5) is 33.8. The molecule has 150 valence electrons. The Bertz CT molecular complexity index is 1040. The lowest BCUT2D eigenvalue weighted by Gasteiger charge is -2.29. The first-order valence-electron chi connectivity index (χ1n) is 9.59. The standard InChI is InChI=1S/C20H22N6O2S/c1-13-11-22-20(29-13)24-19(28)23-15-4-6-16(7-5-15)26-18(27)9-8-17(25-26)14-3-2-10-21-12-14/h2-3,8-12,15-16H,4-7H2,1H3,(H2,22,23,24,28). The molecule has 0 bridgehead atoms. The number of nitrogens with zero attached hydrogens (tertiary/aromatic N) is 4. The molecule has 8 nitrogen and oxygen atoms in total. The van der Waals surface area contributed by atoms with Crippen molar-refractivity contribution < 1.29 is 4.79 Å². The van der Waals surface area contributed by atoms with E-state index in [1.165, 1.54) is 11.3 Å². The van der Waals surface area contributed by atoms with Crippen molar-refractivity contribution in [3.05, 3.63) is 58.1 Å². The number of carbonyl (C=O) groups is 1. The van der Waals surface area contributed by atoms with Crippen molar-refractivity contribution in [1.29, 1.82) is 0 Å². The SMILES string of the molecule is Cc1cnc(NC(=O)NC2CCC(n3nc(-c4cccnc4)ccc3=O)CC2)s1. The monoisotopic (exact) mass is 410 g/mol. The second-order valence-electron chi connectivity index (χ2n) is 7.12. The van der Waals surface area contributed by atoms with Crippen LogP contribution < -0.4 is 16.2 Å². The number of carbonyl (C=O) groups excluding carboxylic acids is 1. The van der Waals surface area contributed by atoms with Crippen molar-refractivity contribution in [2.24, 2.45) is 0 Å². The molecule has 0 atom stereocenters. The van der Waals surface area contributed by atoms with Gasteiger partial charge in [-0.25, -0.2) is 14.5 Å². The number of amides is 2. The zero-order chi connectivity index (χ0) is 20.2. The molecule has 0 unspecified atom stereocenters. The molecule has 0 radical (unpaired) electrons. The van der Waals surface area contributed by atoms with Gasteiger partial charge in [0.2, 0.25) is 0 Å². The third kappa shape index (κ3) is 4.68. The van der Waals surface area contributed by atoms with Crippen molar-refractivity contribution in [1.82, 2.24) is 25.1 Å². The number of pyridine rings is 1. The summed E-state index contributed by atoms with van der Waals surface area (Å²) in [6.45, 7) is 1.95. The number of nitrogens with one attached hydrogen (secondary N) is 2.